The van der Waals surface area contributed by atoms with Gasteiger partial charge in [-0.25, -0.2) is 9.80 Å². The third-order valence-corrected chi connectivity index (χ3v) is 4.63. The van der Waals surface area contributed by atoms with Gasteiger partial charge in [-0.05, 0) is 30.3 Å². The molecule has 2 aliphatic rings. The largest absolute Gasteiger partial charge is 0.497 e. The van der Waals surface area contributed by atoms with E-state index >= 15 is 0 Å². The molecule has 0 aliphatic carbocycles. The zero-order chi connectivity index (χ0) is 19.0. The number of fused-ring (bicyclic) bond motifs is 1. The predicted molar refractivity (Wildman–Crippen MR) is 102 cm³/mol. The van der Waals surface area contributed by atoms with E-state index in [0.717, 1.165) is 11.3 Å². The van der Waals surface area contributed by atoms with Crippen molar-refractivity contribution in [2.24, 2.45) is 21.7 Å². The average molecular weight is 365 g/mol. The monoisotopic (exact) mass is 365 g/mol. The number of nitrogens with two attached hydrogens (primary N) is 1. The molecular weight excluding hydrogens is 346 g/mol. The highest BCUT2D eigenvalue weighted by atomic mass is 16.5. The number of ether oxygens (including phenoxy) is 2. The Morgan fingerprint density at radius 1 is 1.11 bits per heavy atom. The molecule has 2 atom stereocenters. The first-order valence-corrected chi connectivity index (χ1v) is 8.42. The summed E-state index contributed by atoms with van der Waals surface area (Å²) >= 11 is 0. The first kappa shape index (κ1) is 16.9. The summed E-state index contributed by atoms with van der Waals surface area (Å²) in [5.41, 5.74) is 7.79. The number of para-hydroxylation sites is 1. The van der Waals surface area contributed by atoms with Gasteiger partial charge in [0.1, 0.15) is 29.1 Å². The van der Waals surface area contributed by atoms with Crippen LogP contribution in [-0.4, -0.2) is 31.9 Å². The fourth-order valence-electron chi connectivity index (χ4n) is 3.38. The zero-order valence-corrected chi connectivity index (χ0v) is 14.9. The van der Waals surface area contributed by atoms with Crippen LogP contribution in [-0.2, 0) is 0 Å². The van der Waals surface area contributed by atoms with Crippen LogP contribution in [0.5, 0.6) is 11.5 Å². The van der Waals surface area contributed by atoms with E-state index in [0.29, 0.717) is 23.2 Å². The molecule has 138 valence electrons. The first-order chi connectivity index (χ1) is 13.1. The van der Waals surface area contributed by atoms with Crippen molar-refractivity contribution in [3.05, 3.63) is 54.1 Å². The maximum absolute atomic E-state index is 12.3. The Morgan fingerprint density at radius 3 is 2.59 bits per heavy atom. The number of nitrogens with zero attached hydrogens (tertiary/aromatic N) is 3. The van der Waals surface area contributed by atoms with Crippen LogP contribution in [0.2, 0.25) is 0 Å². The Hall–Kier alpha value is -3.55. The molecular formula is C19H19N5O3. The van der Waals surface area contributed by atoms with Crippen molar-refractivity contribution in [3.8, 4) is 11.5 Å². The quantitative estimate of drug-likeness (QED) is 0.865. The zero-order valence-electron chi connectivity index (χ0n) is 14.9. The number of methoxy groups -OCH3 is 2. The molecule has 4 rings (SSSR count). The van der Waals surface area contributed by atoms with Crippen molar-refractivity contribution in [1.82, 2.24) is 5.32 Å². The molecule has 0 aromatic heterocycles. The molecule has 2 aromatic rings. The minimum absolute atomic E-state index is 0.368. The number of urea groups is 1. The number of aliphatic imine (C=N–C) groups is 1. The van der Waals surface area contributed by atoms with Gasteiger partial charge in [0, 0.05) is 5.56 Å². The van der Waals surface area contributed by atoms with Crippen LogP contribution >= 0.6 is 0 Å². The fraction of sp³-hybridized carbons (Fsp3) is 0.211. The molecule has 2 heterocycles. The summed E-state index contributed by atoms with van der Waals surface area (Å²) in [6.07, 6.45) is 0. The Balaban J connectivity index is 1.80. The first-order valence-electron chi connectivity index (χ1n) is 8.42. The molecule has 2 amide bonds. The van der Waals surface area contributed by atoms with Crippen LogP contribution < -0.4 is 25.5 Å². The van der Waals surface area contributed by atoms with E-state index in [1.807, 2.05) is 36.4 Å². The second-order valence-electron chi connectivity index (χ2n) is 6.15. The van der Waals surface area contributed by atoms with Gasteiger partial charge in [-0.15, -0.1) is 0 Å². The van der Waals surface area contributed by atoms with Crippen LogP contribution in [0, 0.1) is 5.92 Å². The number of nitrogens with one attached hydrogen (secondary N) is 1. The maximum atomic E-state index is 12.3. The highest BCUT2D eigenvalue weighted by molar-refractivity contribution is 6.21. The number of hydrogen-bond donors (Lipinski definition) is 2. The van der Waals surface area contributed by atoms with Gasteiger partial charge in [-0.2, -0.15) is 10.1 Å². The third-order valence-electron chi connectivity index (χ3n) is 4.63. The van der Waals surface area contributed by atoms with E-state index in [-0.39, 0.29) is 0 Å². The number of hydrazone groups is 1. The predicted octanol–water partition coefficient (Wildman–Crippen LogP) is 2.28. The van der Waals surface area contributed by atoms with Crippen molar-refractivity contribution in [1.29, 1.82) is 0 Å². The summed E-state index contributed by atoms with van der Waals surface area (Å²) in [7, 11) is 3.16. The normalized spacial score (nSPS) is 21.1. The summed E-state index contributed by atoms with van der Waals surface area (Å²) in [6, 6.07) is 13.9. The molecule has 0 spiro atoms. The molecule has 0 fully saturated rings. The number of benzene rings is 2. The van der Waals surface area contributed by atoms with E-state index in [2.05, 4.69) is 15.4 Å². The van der Waals surface area contributed by atoms with E-state index in [1.54, 1.807) is 31.4 Å². The Labute approximate surface area is 156 Å². The molecule has 2 aliphatic heterocycles. The molecule has 3 N–H and O–H groups in total. The molecule has 8 nitrogen and oxygen atoms in total. The van der Waals surface area contributed by atoms with Crippen LogP contribution in [0.15, 0.2) is 58.6 Å². The lowest BCUT2D eigenvalue weighted by atomic mass is 9.89. The van der Waals surface area contributed by atoms with Gasteiger partial charge in [0.2, 0.25) is 0 Å². The Morgan fingerprint density at radius 2 is 1.89 bits per heavy atom. The number of rotatable bonds is 4. The van der Waals surface area contributed by atoms with Gasteiger partial charge in [-0.1, -0.05) is 18.2 Å². The van der Waals surface area contributed by atoms with Gasteiger partial charge in [0.05, 0.1) is 25.9 Å². The molecule has 0 saturated carbocycles. The van der Waals surface area contributed by atoms with Gasteiger partial charge in [0.25, 0.3) is 0 Å². The average Bonchev–Trinajstić information content (AvgIpc) is 3.03. The summed E-state index contributed by atoms with van der Waals surface area (Å²) in [6.45, 7) is 0. The lowest BCUT2D eigenvalue weighted by Crippen LogP contribution is -2.46. The smallest absolute Gasteiger partial charge is 0.343 e. The van der Waals surface area contributed by atoms with Crippen molar-refractivity contribution in [3.63, 3.8) is 0 Å². The summed E-state index contributed by atoms with van der Waals surface area (Å²) in [5, 5.41) is 8.94. The highest BCUT2D eigenvalue weighted by Crippen LogP contribution is 2.39. The maximum Gasteiger partial charge on any atom is 0.343 e. The molecule has 8 heteroatoms. The van der Waals surface area contributed by atoms with E-state index in [1.165, 1.54) is 0 Å². The summed E-state index contributed by atoms with van der Waals surface area (Å²) in [5.74, 6) is 1.71. The number of anilines is 1. The van der Waals surface area contributed by atoms with E-state index in [9.17, 15) is 4.79 Å². The highest BCUT2D eigenvalue weighted by Gasteiger charge is 2.44. The number of amides is 2. The van der Waals surface area contributed by atoms with Crippen molar-refractivity contribution < 1.29 is 14.3 Å². The number of amidine groups is 2. The van der Waals surface area contributed by atoms with Gasteiger partial charge in [-0.3, -0.25) is 0 Å². The molecule has 2 aromatic carbocycles. The minimum atomic E-state index is -0.479. The number of carbonyl (C=O) groups is 1. The minimum Gasteiger partial charge on any atom is -0.497 e. The Kier molecular flexibility index (Phi) is 4.15. The van der Waals surface area contributed by atoms with Crippen molar-refractivity contribution in [2.45, 2.75) is 6.04 Å². The molecule has 0 saturated heterocycles. The molecule has 2 unspecified atom stereocenters. The van der Waals surface area contributed by atoms with E-state index in [4.69, 9.17) is 15.2 Å². The van der Waals surface area contributed by atoms with E-state index < -0.39 is 18.0 Å². The van der Waals surface area contributed by atoms with Crippen LogP contribution in [0.1, 0.15) is 11.6 Å². The third kappa shape index (κ3) is 2.84. The van der Waals surface area contributed by atoms with Gasteiger partial charge in [0.15, 0.2) is 0 Å². The topological polar surface area (TPSA) is 102 Å². The second-order valence-corrected chi connectivity index (χ2v) is 6.15. The van der Waals surface area contributed by atoms with Crippen LogP contribution in [0.3, 0.4) is 0 Å². The standard InChI is InChI=1S/C19H19N5O3/c1-26-12-8-9-14(27-2)13(10-12)16-15-17(20)23-24(11-6-4-3-5-7-11)18(15)22-19(25)21-16/h3-10,15-16H,1-2H3,(H2,20,23)(H,21,25). The molecule has 27 heavy (non-hydrogen) atoms. The fourth-order valence-corrected chi connectivity index (χ4v) is 3.38. The van der Waals surface area contributed by atoms with Gasteiger partial charge < -0.3 is 20.5 Å². The van der Waals surface area contributed by atoms with Crippen molar-refractivity contribution >= 4 is 23.4 Å². The SMILES string of the molecule is COc1ccc(OC)c(C2NC(=O)N=C3C2C(N)=NN3c2ccccc2)c1. The molecule has 0 radical (unpaired) electrons. The van der Waals surface area contributed by atoms with Crippen LogP contribution in [0.25, 0.3) is 0 Å². The van der Waals surface area contributed by atoms with Crippen LogP contribution in [0.4, 0.5) is 10.5 Å². The Bertz CT molecular complexity index is 942. The summed E-state index contributed by atoms with van der Waals surface area (Å²) < 4.78 is 10.8. The molecule has 0 bridgehead atoms. The van der Waals surface area contributed by atoms with Crippen molar-refractivity contribution in [2.75, 3.05) is 19.2 Å². The number of carbonyl (C=O) groups excluding carboxylic acids is 1. The summed E-state index contributed by atoms with van der Waals surface area (Å²) in [4.78, 5) is 16.5. The van der Waals surface area contributed by atoms with Gasteiger partial charge >= 0.3 is 6.03 Å². The lowest BCUT2D eigenvalue weighted by Gasteiger charge is -2.30. The lowest BCUT2D eigenvalue weighted by molar-refractivity contribution is 0.242. The second kappa shape index (κ2) is 6.64. The number of hydrogen-bond acceptors (Lipinski definition) is 6.